The van der Waals surface area contributed by atoms with E-state index in [1.165, 1.54) is 5.56 Å². The number of hydrogen-bond acceptors (Lipinski definition) is 6. The van der Waals surface area contributed by atoms with Gasteiger partial charge >= 0.3 is 0 Å². The molecule has 1 aromatic heterocycles. The Hall–Kier alpha value is -3.46. The first kappa shape index (κ1) is 19.8. The molecule has 0 bridgehead atoms. The standard InChI is InChI=1S/C24H25N3O3/c1-28-21-9-8-19(15-22(21)29-2)23-26-20(16-25)24(30-23)27-12-10-18(11-13-27)14-17-6-4-3-5-7-17/h3-9,15,18H,10-14H2,1-2H3. The molecule has 0 radical (unpaired) electrons. The van der Waals surface area contributed by atoms with E-state index < -0.39 is 0 Å². The highest BCUT2D eigenvalue weighted by atomic mass is 16.5. The average Bonchev–Trinajstić information content (AvgIpc) is 3.24. The molecule has 0 atom stereocenters. The van der Waals surface area contributed by atoms with E-state index >= 15 is 0 Å². The van der Waals surface area contributed by atoms with E-state index in [1.54, 1.807) is 20.3 Å². The maximum absolute atomic E-state index is 9.60. The van der Waals surface area contributed by atoms with E-state index in [4.69, 9.17) is 13.9 Å². The van der Waals surface area contributed by atoms with Gasteiger partial charge < -0.3 is 18.8 Å². The third-order valence-electron chi connectivity index (χ3n) is 5.61. The molecule has 3 aromatic rings. The van der Waals surface area contributed by atoms with E-state index in [1.807, 2.05) is 12.1 Å². The summed E-state index contributed by atoms with van der Waals surface area (Å²) >= 11 is 0. The number of methoxy groups -OCH3 is 2. The molecule has 154 valence electrons. The molecule has 2 aromatic carbocycles. The predicted molar refractivity (Wildman–Crippen MR) is 115 cm³/mol. The van der Waals surface area contributed by atoms with Crippen LogP contribution in [0.15, 0.2) is 52.9 Å². The van der Waals surface area contributed by atoms with Crippen molar-refractivity contribution in [3.05, 3.63) is 59.8 Å². The van der Waals surface area contributed by atoms with Crippen molar-refractivity contribution in [1.82, 2.24) is 4.98 Å². The highest BCUT2D eigenvalue weighted by molar-refractivity contribution is 5.63. The number of rotatable bonds is 6. The van der Waals surface area contributed by atoms with Crippen LogP contribution in [0.25, 0.3) is 11.5 Å². The molecule has 30 heavy (non-hydrogen) atoms. The molecule has 4 rings (SSSR count). The average molecular weight is 403 g/mol. The van der Waals surface area contributed by atoms with Gasteiger partial charge in [-0.1, -0.05) is 30.3 Å². The van der Waals surface area contributed by atoms with E-state index in [9.17, 15) is 5.26 Å². The molecule has 2 heterocycles. The highest BCUT2D eigenvalue weighted by Crippen LogP contribution is 2.35. The molecule has 6 nitrogen and oxygen atoms in total. The lowest BCUT2D eigenvalue weighted by Crippen LogP contribution is -2.34. The number of hydrogen-bond donors (Lipinski definition) is 0. The zero-order chi connectivity index (χ0) is 20.9. The molecule has 0 saturated carbocycles. The second kappa shape index (κ2) is 8.91. The van der Waals surface area contributed by atoms with E-state index in [-0.39, 0.29) is 0 Å². The van der Waals surface area contributed by atoms with Crippen LogP contribution in [0.5, 0.6) is 11.5 Å². The number of oxazole rings is 1. The number of nitrogens with zero attached hydrogens (tertiary/aromatic N) is 3. The van der Waals surface area contributed by atoms with Crippen molar-refractivity contribution < 1.29 is 13.9 Å². The van der Waals surface area contributed by atoms with Gasteiger partial charge in [0.05, 0.1) is 14.2 Å². The zero-order valence-corrected chi connectivity index (χ0v) is 17.3. The van der Waals surface area contributed by atoms with E-state index in [2.05, 4.69) is 46.3 Å². The third kappa shape index (κ3) is 4.11. The number of ether oxygens (including phenoxy) is 2. The molecule has 0 unspecified atom stereocenters. The molecule has 0 aliphatic carbocycles. The zero-order valence-electron chi connectivity index (χ0n) is 17.3. The van der Waals surface area contributed by atoms with Gasteiger partial charge in [0, 0.05) is 18.7 Å². The monoisotopic (exact) mass is 403 g/mol. The van der Waals surface area contributed by atoms with Gasteiger partial charge in [-0.15, -0.1) is 0 Å². The minimum atomic E-state index is 0.321. The molecule has 0 N–H and O–H groups in total. The molecular formula is C24H25N3O3. The quantitative estimate of drug-likeness (QED) is 0.595. The second-order valence-corrected chi connectivity index (χ2v) is 7.47. The number of aromatic nitrogens is 1. The maximum atomic E-state index is 9.60. The first-order chi connectivity index (χ1) is 14.7. The number of benzene rings is 2. The van der Waals surface area contributed by atoms with Crippen molar-refractivity contribution in [3.63, 3.8) is 0 Å². The Kier molecular flexibility index (Phi) is 5.89. The van der Waals surface area contributed by atoms with Gasteiger partial charge in [-0.05, 0) is 48.9 Å². The van der Waals surface area contributed by atoms with Crippen molar-refractivity contribution in [1.29, 1.82) is 5.26 Å². The van der Waals surface area contributed by atoms with Crippen LogP contribution in [-0.2, 0) is 6.42 Å². The van der Waals surface area contributed by atoms with Gasteiger partial charge in [0.1, 0.15) is 6.07 Å². The summed E-state index contributed by atoms with van der Waals surface area (Å²) in [6.07, 6.45) is 3.21. The number of nitriles is 1. The Labute approximate surface area is 176 Å². The van der Waals surface area contributed by atoms with E-state index in [0.29, 0.717) is 34.9 Å². The summed E-state index contributed by atoms with van der Waals surface area (Å²) in [6, 6.07) is 18.3. The van der Waals surface area contributed by atoms with E-state index in [0.717, 1.165) is 37.9 Å². The van der Waals surface area contributed by atoms with Crippen molar-refractivity contribution in [2.24, 2.45) is 5.92 Å². The lowest BCUT2D eigenvalue weighted by atomic mass is 9.90. The second-order valence-electron chi connectivity index (χ2n) is 7.47. The summed E-state index contributed by atoms with van der Waals surface area (Å²) in [7, 11) is 3.18. The SMILES string of the molecule is COc1ccc(-c2nc(C#N)c(N3CCC(Cc4ccccc4)CC3)o2)cc1OC. The fourth-order valence-electron chi connectivity index (χ4n) is 3.98. The van der Waals surface area contributed by atoms with Crippen LogP contribution in [-0.4, -0.2) is 32.3 Å². The van der Waals surface area contributed by atoms with Crippen LogP contribution in [0, 0.1) is 17.2 Å². The Bertz CT molecular complexity index is 1030. The fraction of sp³-hybridized carbons (Fsp3) is 0.333. The van der Waals surface area contributed by atoms with Crippen LogP contribution in [0.4, 0.5) is 5.88 Å². The largest absolute Gasteiger partial charge is 0.493 e. The van der Waals surface area contributed by atoms with Crippen LogP contribution < -0.4 is 14.4 Å². The Balaban J connectivity index is 1.49. The Morgan fingerprint density at radius 3 is 2.47 bits per heavy atom. The van der Waals surface area contributed by atoms with Crippen LogP contribution in [0.2, 0.25) is 0 Å². The van der Waals surface area contributed by atoms with Crippen molar-refractivity contribution in [3.8, 4) is 29.0 Å². The van der Waals surface area contributed by atoms with Crippen molar-refractivity contribution >= 4 is 5.88 Å². The fourth-order valence-corrected chi connectivity index (χ4v) is 3.98. The Morgan fingerprint density at radius 1 is 1.07 bits per heavy atom. The molecule has 6 heteroatoms. The highest BCUT2D eigenvalue weighted by Gasteiger charge is 2.26. The molecular weight excluding hydrogens is 378 g/mol. The first-order valence-corrected chi connectivity index (χ1v) is 10.1. The molecule has 0 amide bonds. The molecule has 0 spiro atoms. The first-order valence-electron chi connectivity index (χ1n) is 10.1. The summed E-state index contributed by atoms with van der Waals surface area (Å²) < 4.78 is 16.7. The molecule has 1 fully saturated rings. The molecule has 1 aliphatic heterocycles. The summed E-state index contributed by atoms with van der Waals surface area (Å²) in [5, 5.41) is 9.60. The van der Waals surface area contributed by atoms with Gasteiger partial charge in [-0.2, -0.15) is 10.2 Å². The topological polar surface area (TPSA) is 71.5 Å². The third-order valence-corrected chi connectivity index (χ3v) is 5.61. The lowest BCUT2D eigenvalue weighted by molar-refractivity contribution is 0.355. The number of anilines is 1. The van der Waals surface area contributed by atoms with Gasteiger partial charge in [0.25, 0.3) is 0 Å². The van der Waals surface area contributed by atoms with Gasteiger partial charge in [0.2, 0.25) is 17.5 Å². The van der Waals surface area contributed by atoms with Crippen LogP contribution >= 0.6 is 0 Å². The molecule has 1 aliphatic rings. The predicted octanol–water partition coefficient (Wildman–Crippen LogP) is 4.69. The van der Waals surface area contributed by atoms with Gasteiger partial charge in [-0.25, -0.2) is 0 Å². The summed E-state index contributed by atoms with van der Waals surface area (Å²) in [6.45, 7) is 1.71. The Morgan fingerprint density at radius 2 is 1.80 bits per heavy atom. The normalized spacial score (nSPS) is 14.4. The maximum Gasteiger partial charge on any atom is 0.235 e. The molecule has 1 saturated heterocycles. The number of piperidine rings is 1. The minimum absolute atomic E-state index is 0.321. The van der Waals surface area contributed by atoms with Gasteiger partial charge in [0.15, 0.2) is 11.5 Å². The van der Waals surface area contributed by atoms with Crippen LogP contribution in [0.3, 0.4) is 0 Å². The summed E-state index contributed by atoms with van der Waals surface area (Å²) in [5.74, 6) is 2.83. The van der Waals surface area contributed by atoms with Crippen molar-refractivity contribution in [2.45, 2.75) is 19.3 Å². The summed E-state index contributed by atoms with van der Waals surface area (Å²) in [5.41, 5.74) is 2.44. The lowest BCUT2D eigenvalue weighted by Gasteiger charge is -2.31. The minimum Gasteiger partial charge on any atom is -0.493 e. The van der Waals surface area contributed by atoms with Crippen molar-refractivity contribution in [2.75, 3.05) is 32.2 Å². The smallest absolute Gasteiger partial charge is 0.235 e. The van der Waals surface area contributed by atoms with Gasteiger partial charge in [-0.3, -0.25) is 0 Å². The van der Waals surface area contributed by atoms with Crippen LogP contribution in [0.1, 0.15) is 24.1 Å². The summed E-state index contributed by atoms with van der Waals surface area (Å²) in [4.78, 5) is 6.56.